The summed E-state index contributed by atoms with van der Waals surface area (Å²) in [6, 6.07) is 17.6. The molecular weight excluding hydrogens is 348 g/mol. The lowest BCUT2D eigenvalue weighted by molar-refractivity contribution is 0.570. The van der Waals surface area contributed by atoms with Gasteiger partial charge in [0.2, 0.25) is 0 Å². The third-order valence-corrected chi connectivity index (χ3v) is 5.48. The molecule has 0 fully saturated rings. The minimum absolute atomic E-state index is 0.625. The molecule has 2 aromatic carbocycles. The number of thiazole rings is 1. The molecule has 0 saturated carbocycles. The second-order valence-corrected chi connectivity index (χ2v) is 7.25. The average Bonchev–Trinajstić information content (AvgIpc) is 3.04. The molecule has 2 N–H and O–H groups in total. The molecule has 4 nitrogen and oxygen atoms in total. The average molecular weight is 363 g/mol. The van der Waals surface area contributed by atoms with Crippen molar-refractivity contribution in [1.29, 1.82) is 0 Å². The molecule has 7 heteroatoms. The van der Waals surface area contributed by atoms with Crippen LogP contribution in [0.3, 0.4) is 0 Å². The van der Waals surface area contributed by atoms with Crippen molar-refractivity contribution in [1.82, 2.24) is 4.98 Å². The summed E-state index contributed by atoms with van der Waals surface area (Å²) >= 11 is 1.29. The van der Waals surface area contributed by atoms with E-state index in [9.17, 15) is 4.21 Å². The zero-order valence-corrected chi connectivity index (χ0v) is 14.5. The van der Waals surface area contributed by atoms with Gasteiger partial charge < -0.3 is 0 Å². The van der Waals surface area contributed by atoms with Gasteiger partial charge >= 0.3 is 0 Å². The molecule has 0 aliphatic carbocycles. The van der Waals surface area contributed by atoms with Crippen LogP contribution in [0.15, 0.2) is 65.0 Å². The van der Waals surface area contributed by atoms with Crippen molar-refractivity contribution in [3.8, 4) is 10.6 Å². The molecule has 0 bridgehead atoms. The van der Waals surface area contributed by atoms with Gasteiger partial charge in [0.1, 0.15) is 10.0 Å². The smallest absolute Gasteiger partial charge is 0.259 e. The van der Waals surface area contributed by atoms with E-state index in [-0.39, 0.29) is 0 Å². The minimum Gasteiger partial charge on any atom is -0.289 e. The van der Waals surface area contributed by atoms with Gasteiger partial charge in [-0.05, 0) is 17.7 Å². The summed E-state index contributed by atoms with van der Waals surface area (Å²) in [5.74, 6) is 0.806. The fraction of sp³-hybridized carbons (Fsp3) is 0.0625. The highest BCUT2D eigenvalue weighted by Gasteiger charge is 2.05. The van der Waals surface area contributed by atoms with E-state index in [1.165, 1.54) is 0 Å². The molecule has 1 atom stereocenters. The first kappa shape index (κ1) is 16.2. The molecule has 0 radical (unpaired) electrons. The van der Waals surface area contributed by atoms with Gasteiger partial charge in [-0.1, -0.05) is 42.5 Å². The van der Waals surface area contributed by atoms with Crippen LogP contribution < -0.4 is 4.72 Å². The van der Waals surface area contributed by atoms with E-state index in [2.05, 4.69) is 27.2 Å². The summed E-state index contributed by atoms with van der Waals surface area (Å²) in [5, 5.41) is 4.10. The van der Waals surface area contributed by atoms with E-state index in [0.717, 1.165) is 26.9 Å². The molecular formula is C16H14N2O2S3. The summed E-state index contributed by atoms with van der Waals surface area (Å²) in [7, 11) is 0. The van der Waals surface area contributed by atoms with Crippen LogP contribution in [0.1, 0.15) is 5.56 Å². The van der Waals surface area contributed by atoms with Crippen LogP contribution in [0.2, 0.25) is 0 Å². The number of rotatable bonds is 6. The monoisotopic (exact) mass is 362 g/mol. The van der Waals surface area contributed by atoms with Crippen molar-refractivity contribution >= 4 is 40.1 Å². The topological polar surface area (TPSA) is 62.2 Å². The van der Waals surface area contributed by atoms with Gasteiger partial charge in [-0.15, -0.1) is 23.1 Å². The molecule has 1 unspecified atom stereocenters. The summed E-state index contributed by atoms with van der Waals surface area (Å²) in [5.41, 5.74) is 2.90. The van der Waals surface area contributed by atoms with Crippen LogP contribution in [0.5, 0.6) is 0 Å². The van der Waals surface area contributed by atoms with Crippen LogP contribution in [-0.4, -0.2) is 13.7 Å². The first-order chi connectivity index (χ1) is 11.2. The predicted octanol–water partition coefficient (Wildman–Crippen LogP) is 4.65. The third-order valence-electron chi connectivity index (χ3n) is 3.05. The Kier molecular flexibility index (Phi) is 5.45. The fourth-order valence-corrected chi connectivity index (χ4v) is 4.13. The number of nitrogens with zero attached hydrogens (tertiary/aromatic N) is 1. The molecule has 3 aromatic rings. The van der Waals surface area contributed by atoms with Gasteiger partial charge in [0, 0.05) is 22.4 Å². The van der Waals surface area contributed by atoms with Crippen LogP contribution in [-0.2, 0) is 17.0 Å². The van der Waals surface area contributed by atoms with Crippen molar-refractivity contribution in [2.24, 2.45) is 0 Å². The first-order valence-corrected chi connectivity index (χ1v) is 9.78. The van der Waals surface area contributed by atoms with Crippen molar-refractivity contribution in [3.63, 3.8) is 0 Å². The van der Waals surface area contributed by atoms with Gasteiger partial charge in [0.15, 0.2) is 0 Å². The lowest BCUT2D eigenvalue weighted by Gasteiger charge is -2.03. The Hall–Kier alpha value is -1.67. The number of thioether (sulfide) groups is 1. The number of benzene rings is 2. The Bertz CT molecular complexity index is 789. The Balaban J connectivity index is 1.60. The molecule has 0 spiro atoms. The van der Waals surface area contributed by atoms with Crippen molar-refractivity contribution in [2.75, 3.05) is 4.72 Å². The Morgan fingerprint density at radius 3 is 2.57 bits per heavy atom. The van der Waals surface area contributed by atoms with E-state index < -0.39 is 11.3 Å². The fourth-order valence-electron chi connectivity index (χ4n) is 1.97. The summed E-state index contributed by atoms with van der Waals surface area (Å²) in [6.45, 7) is 0. The van der Waals surface area contributed by atoms with E-state index in [1.54, 1.807) is 35.2 Å². The van der Waals surface area contributed by atoms with Gasteiger partial charge in [-0.25, -0.2) is 9.19 Å². The molecule has 118 valence electrons. The molecule has 1 aromatic heterocycles. The lowest BCUT2D eigenvalue weighted by atomic mass is 10.2. The summed E-state index contributed by atoms with van der Waals surface area (Å²) in [6.07, 6.45) is 0. The largest absolute Gasteiger partial charge is 0.289 e. The first-order valence-electron chi connectivity index (χ1n) is 6.81. The number of hydrogen-bond acceptors (Lipinski definition) is 4. The summed E-state index contributed by atoms with van der Waals surface area (Å²) in [4.78, 5) is 4.65. The molecule has 23 heavy (non-hydrogen) atoms. The molecule has 0 aliphatic rings. The van der Waals surface area contributed by atoms with Crippen LogP contribution in [0.4, 0.5) is 5.69 Å². The van der Waals surface area contributed by atoms with Gasteiger partial charge in [0.25, 0.3) is 11.3 Å². The maximum Gasteiger partial charge on any atom is 0.259 e. The van der Waals surface area contributed by atoms with Gasteiger partial charge in [0.05, 0.1) is 0 Å². The second-order valence-electron chi connectivity index (χ2n) is 4.69. The zero-order chi connectivity index (χ0) is 16.1. The number of anilines is 1. The Labute approximate surface area is 145 Å². The summed E-state index contributed by atoms with van der Waals surface area (Å²) < 4.78 is 21.9. The third kappa shape index (κ3) is 4.65. The van der Waals surface area contributed by atoms with Crippen molar-refractivity contribution < 1.29 is 8.76 Å². The van der Waals surface area contributed by atoms with E-state index in [0.29, 0.717) is 5.69 Å². The molecule has 0 aliphatic heterocycles. The van der Waals surface area contributed by atoms with E-state index in [1.807, 2.05) is 30.3 Å². The van der Waals surface area contributed by atoms with E-state index in [4.69, 9.17) is 4.55 Å². The Morgan fingerprint density at radius 2 is 1.87 bits per heavy atom. The minimum atomic E-state index is -2.04. The quantitative estimate of drug-likeness (QED) is 0.495. The molecule has 0 amide bonds. The van der Waals surface area contributed by atoms with Crippen LogP contribution in [0, 0.1) is 0 Å². The lowest BCUT2D eigenvalue weighted by Crippen LogP contribution is -2.01. The van der Waals surface area contributed by atoms with Crippen LogP contribution in [0.25, 0.3) is 10.6 Å². The number of aromatic nitrogens is 1. The van der Waals surface area contributed by atoms with Gasteiger partial charge in [-0.2, -0.15) is 0 Å². The van der Waals surface area contributed by atoms with Crippen molar-refractivity contribution in [3.05, 3.63) is 65.5 Å². The zero-order valence-electron chi connectivity index (χ0n) is 12.0. The highest BCUT2D eigenvalue weighted by Crippen LogP contribution is 2.30. The van der Waals surface area contributed by atoms with Gasteiger partial charge in [-0.3, -0.25) is 9.27 Å². The number of nitrogens with one attached hydrogen (secondary N) is 1. The predicted molar refractivity (Wildman–Crippen MR) is 97.9 cm³/mol. The standard InChI is InChI=1S/C16H14N2O2S3/c19-23(20)18-14-8-6-12(7-9-14)10-21-15-11-22-16(17-15)13-4-2-1-3-5-13/h1-9,11,18H,10H2,(H,19,20). The molecule has 0 saturated heterocycles. The Morgan fingerprint density at radius 1 is 1.13 bits per heavy atom. The van der Waals surface area contributed by atoms with Crippen LogP contribution >= 0.6 is 23.1 Å². The molecule has 1 heterocycles. The highest BCUT2D eigenvalue weighted by molar-refractivity contribution is 7.98. The van der Waals surface area contributed by atoms with E-state index >= 15 is 0 Å². The highest BCUT2D eigenvalue weighted by atomic mass is 32.2. The normalized spacial score (nSPS) is 12.0. The molecule has 3 rings (SSSR count). The second kappa shape index (κ2) is 7.74. The number of hydrogen-bond donors (Lipinski definition) is 2. The SMILES string of the molecule is O=S(O)Nc1ccc(CSc2csc(-c3ccccc3)n2)cc1. The maximum atomic E-state index is 10.7. The van der Waals surface area contributed by atoms with Crippen molar-refractivity contribution in [2.45, 2.75) is 10.8 Å². The maximum absolute atomic E-state index is 10.7.